The number of hydrogen-bond donors (Lipinski definition) is 1. The van der Waals surface area contributed by atoms with Crippen LogP contribution in [0.2, 0.25) is 5.02 Å². The van der Waals surface area contributed by atoms with Crippen LogP contribution in [0.5, 0.6) is 0 Å². The molecule has 1 aliphatic heterocycles. The highest BCUT2D eigenvalue weighted by Gasteiger charge is 2.39. The van der Waals surface area contributed by atoms with Gasteiger partial charge in [0.1, 0.15) is 4.90 Å². The maximum absolute atomic E-state index is 12.4. The van der Waals surface area contributed by atoms with Gasteiger partial charge in [-0.25, -0.2) is 0 Å². The third-order valence-electron chi connectivity index (χ3n) is 3.31. The molecule has 0 aromatic heterocycles. The van der Waals surface area contributed by atoms with Crippen LogP contribution in [0.4, 0.5) is 0 Å². The molecule has 0 saturated heterocycles. The van der Waals surface area contributed by atoms with Crippen LogP contribution in [0.25, 0.3) is 0 Å². The second kappa shape index (κ2) is 6.18. The summed E-state index contributed by atoms with van der Waals surface area (Å²) in [6.45, 7) is 0. The molecule has 2 aromatic carbocycles. The first-order valence-electron chi connectivity index (χ1n) is 6.84. The minimum Gasteiger partial charge on any atom is -0.460 e. The standard InChI is InChI=1S/C16H12ClNO5S/c17-11-6-4-5-10(9-11)14-13(19)15(16(18)22-14)23-24(20,21)12-7-2-1-3-8-12/h1-9,14H,18H2. The van der Waals surface area contributed by atoms with Gasteiger partial charge in [-0.05, 0) is 24.3 Å². The van der Waals surface area contributed by atoms with Crippen molar-refractivity contribution in [2.75, 3.05) is 0 Å². The van der Waals surface area contributed by atoms with E-state index in [4.69, 9.17) is 26.3 Å². The summed E-state index contributed by atoms with van der Waals surface area (Å²) < 4.78 is 34.7. The van der Waals surface area contributed by atoms with Gasteiger partial charge < -0.3 is 14.7 Å². The highest BCUT2D eigenvalue weighted by molar-refractivity contribution is 7.86. The van der Waals surface area contributed by atoms with E-state index < -0.39 is 27.8 Å². The van der Waals surface area contributed by atoms with E-state index in [9.17, 15) is 13.2 Å². The van der Waals surface area contributed by atoms with Crippen LogP contribution in [0.3, 0.4) is 0 Å². The Hall–Kier alpha value is -2.51. The zero-order chi connectivity index (χ0) is 17.3. The van der Waals surface area contributed by atoms with Gasteiger partial charge in [0.05, 0.1) is 0 Å². The first kappa shape index (κ1) is 16.4. The number of rotatable bonds is 4. The Bertz CT molecular complexity index is 924. The summed E-state index contributed by atoms with van der Waals surface area (Å²) >= 11 is 5.89. The smallest absolute Gasteiger partial charge is 0.339 e. The van der Waals surface area contributed by atoms with E-state index in [1.54, 1.807) is 24.3 Å². The first-order chi connectivity index (χ1) is 11.4. The van der Waals surface area contributed by atoms with Crippen molar-refractivity contribution >= 4 is 27.5 Å². The summed E-state index contributed by atoms with van der Waals surface area (Å²) in [6, 6.07) is 13.9. The number of carbonyl (C=O) groups is 1. The Morgan fingerprint density at radius 3 is 2.46 bits per heavy atom. The van der Waals surface area contributed by atoms with Gasteiger partial charge in [0.15, 0.2) is 6.10 Å². The molecule has 0 spiro atoms. The molecule has 0 bridgehead atoms. The van der Waals surface area contributed by atoms with E-state index >= 15 is 0 Å². The minimum absolute atomic E-state index is 0.0932. The second-order valence-corrected chi connectivity index (χ2v) is 6.94. The third kappa shape index (κ3) is 3.08. The average Bonchev–Trinajstić information content (AvgIpc) is 2.83. The van der Waals surface area contributed by atoms with Gasteiger partial charge in [0.25, 0.3) is 0 Å². The van der Waals surface area contributed by atoms with Gasteiger partial charge in [-0.15, -0.1) is 0 Å². The average molecular weight is 366 g/mol. The van der Waals surface area contributed by atoms with Gasteiger partial charge in [-0.2, -0.15) is 8.42 Å². The first-order valence-corrected chi connectivity index (χ1v) is 8.63. The summed E-state index contributed by atoms with van der Waals surface area (Å²) in [4.78, 5) is 12.3. The van der Waals surface area contributed by atoms with Crippen molar-refractivity contribution < 1.29 is 22.1 Å². The van der Waals surface area contributed by atoms with Crippen LogP contribution in [-0.4, -0.2) is 14.2 Å². The van der Waals surface area contributed by atoms with Crippen LogP contribution >= 0.6 is 11.6 Å². The molecule has 0 fully saturated rings. The van der Waals surface area contributed by atoms with Crippen LogP contribution < -0.4 is 5.73 Å². The molecule has 1 atom stereocenters. The van der Waals surface area contributed by atoms with E-state index in [1.807, 2.05) is 0 Å². The molecule has 0 aliphatic carbocycles. The van der Waals surface area contributed by atoms with Gasteiger partial charge in [-0.3, -0.25) is 4.79 Å². The van der Waals surface area contributed by atoms with Gasteiger partial charge in [0, 0.05) is 10.6 Å². The summed E-state index contributed by atoms with van der Waals surface area (Å²) in [5, 5.41) is 0.411. The van der Waals surface area contributed by atoms with Gasteiger partial charge >= 0.3 is 10.1 Å². The molecule has 0 saturated carbocycles. The molecule has 124 valence electrons. The fraction of sp³-hybridized carbons (Fsp3) is 0.0625. The third-order valence-corrected chi connectivity index (χ3v) is 4.78. The zero-order valence-corrected chi connectivity index (χ0v) is 13.8. The lowest BCUT2D eigenvalue weighted by Gasteiger charge is -2.10. The molecule has 0 amide bonds. The monoisotopic (exact) mass is 365 g/mol. The molecule has 1 aliphatic rings. The van der Waals surface area contributed by atoms with Crippen molar-refractivity contribution in [2.24, 2.45) is 5.73 Å². The summed E-state index contributed by atoms with van der Waals surface area (Å²) in [5.74, 6) is -1.61. The summed E-state index contributed by atoms with van der Waals surface area (Å²) in [5.41, 5.74) is 6.08. The Morgan fingerprint density at radius 2 is 1.79 bits per heavy atom. The minimum atomic E-state index is -4.19. The van der Waals surface area contributed by atoms with Gasteiger partial charge in [-0.1, -0.05) is 41.9 Å². The highest BCUT2D eigenvalue weighted by Crippen LogP contribution is 2.34. The van der Waals surface area contributed by atoms with E-state index in [0.717, 1.165) is 0 Å². The Balaban J connectivity index is 1.87. The number of nitrogens with two attached hydrogens (primary N) is 1. The number of hydrogen-bond acceptors (Lipinski definition) is 6. The van der Waals surface area contributed by atoms with Crippen molar-refractivity contribution in [1.82, 2.24) is 0 Å². The molecule has 24 heavy (non-hydrogen) atoms. The Kier molecular flexibility index (Phi) is 4.21. The molecule has 6 nitrogen and oxygen atoms in total. The highest BCUT2D eigenvalue weighted by atomic mass is 35.5. The van der Waals surface area contributed by atoms with Crippen molar-refractivity contribution in [1.29, 1.82) is 0 Å². The molecule has 3 rings (SSSR count). The van der Waals surface area contributed by atoms with Crippen LogP contribution in [0, 0.1) is 0 Å². The van der Waals surface area contributed by atoms with E-state index in [1.165, 1.54) is 30.3 Å². The summed E-state index contributed by atoms with van der Waals surface area (Å²) in [6.07, 6.45) is -1.09. The van der Waals surface area contributed by atoms with Crippen LogP contribution in [0.1, 0.15) is 11.7 Å². The summed E-state index contributed by atoms with van der Waals surface area (Å²) in [7, 11) is -4.19. The molecule has 1 heterocycles. The number of halogens is 1. The van der Waals surface area contributed by atoms with Crippen molar-refractivity contribution in [3.05, 3.63) is 76.8 Å². The van der Waals surface area contributed by atoms with Crippen LogP contribution in [-0.2, 0) is 23.8 Å². The van der Waals surface area contributed by atoms with Crippen LogP contribution in [0.15, 0.2) is 71.1 Å². The van der Waals surface area contributed by atoms with E-state index in [0.29, 0.717) is 10.6 Å². The van der Waals surface area contributed by atoms with Crippen molar-refractivity contribution in [3.8, 4) is 0 Å². The van der Waals surface area contributed by atoms with Gasteiger partial charge in [0.2, 0.25) is 17.4 Å². The second-order valence-electron chi connectivity index (χ2n) is 4.96. The Labute approximate surface area is 143 Å². The number of ether oxygens (including phenoxy) is 1. The quantitative estimate of drug-likeness (QED) is 0.836. The predicted octanol–water partition coefficient (Wildman–Crippen LogP) is 2.51. The SMILES string of the molecule is NC1=C(OS(=O)(=O)c2ccccc2)C(=O)C(c2cccc(Cl)c2)O1. The number of carbonyl (C=O) groups excluding carboxylic acids is 1. The van der Waals surface area contributed by atoms with E-state index in [-0.39, 0.29) is 10.8 Å². The maximum atomic E-state index is 12.4. The normalized spacial score (nSPS) is 17.7. The molecule has 8 heteroatoms. The Morgan fingerprint density at radius 1 is 1.08 bits per heavy atom. The fourth-order valence-electron chi connectivity index (χ4n) is 2.19. The number of Topliss-reactive ketones (excluding diaryl/α,β-unsaturated/α-hetero) is 1. The van der Waals surface area contributed by atoms with E-state index in [2.05, 4.69) is 0 Å². The molecule has 2 aromatic rings. The maximum Gasteiger partial charge on any atom is 0.339 e. The lowest BCUT2D eigenvalue weighted by Crippen LogP contribution is -2.15. The lowest BCUT2D eigenvalue weighted by atomic mass is 10.1. The molecular formula is C16H12ClNO5S. The largest absolute Gasteiger partial charge is 0.460 e. The molecule has 1 unspecified atom stereocenters. The predicted molar refractivity (Wildman–Crippen MR) is 86.2 cm³/mol. The number of ketones is 1. The lowest BCUT2D eigenvalue weighted by molar-refractivity contribution is -0.123. The van der Waals surface area contributed by atoms with Crippen molar-refractivity contribution in [2.45, 2.75) is 11.0 Å². The molecular weight excluding hydrogens is 354 g/mol. The number of benzene rings is 2. The topological polar surface area (TPSA) is 95.7 Å². The molecule has 2 N–H and O–H groups in total. The molecule has 0 radical (unpaired) electrons. The van der Waals surface area contributed by atoms with Crippen molar-refractivity contribution in [3.63, 3.8) is 0 Å². The fourth-order valence-corrected chi connectivity index (χ4v) is 3.36. The zero-order valence-electron chi connectivity index (χ0n) is 12.2.